The number of anilines is 1. The molecular weight excluding hydrogens is 452 g/mol. The zero-order chi connectivity index (χ0) is 25.1. The van der Waals surface area contributed by atoms with Gasteiger partial charge in [-0.1, -0.05) is 57.0 Å². The third kappa shape index (κ3) is 8.75. The highest BCUT2D eigenvalue weighted by atomic mass is 16.8. The van der Waals surface area contributed by atoms with Crippen LogP contribution in [0.5, 0.6) is 5.75 Å². The maximum atomic E-state index is 12.1. The van der Waals surface area contributed by atoms with E-state index in [-0.39, 0.29) is 6.10 Å². The van der Waals surface area contributed by atoms with Gasteiger partial charge in [0.1, 0.15) is 24.1 Å². The molecule has 0 spiro atoms. The number of oxime groups is 1. The summed E-state index contributed by atoms with van der Waals surface area (Å²) in [5, 5.41) is 6.41. The summed E-state index contributed by atoms with van der Waals surface area (Å²) in [6.45, 7) is 6.52. The van der Waals surface area contributed by atoms with E-state index in [9.17, 15) is 4.79 Å². The zero-order valence-electron chi connectivity index (χ0n) is 21.4. The molecule has 0 unspecified atom stereocenters. The SMILES string of the molecule is CCCCCCCCCCO[C@@H]1[C@H]2OC(C)(C)O[C@H]2O[C@@H]1/C=N/OC(=O)Nc1ccc(OC)cc1. The van der Waals surface area contributed by atoms with E-state index in [1.54, 1.807) is 31.4 Å². The Labute approximate surface area is 208 Å². The van der Waals surface area contributed by atoms with Crippen molar-refractivity contribution in [3.05, 3.63) is 24.3 Å². The molecular formula is C26H40N2O7. The van der Waals surface area contributed by atoms with Crippen LogP contribution in [-0.4, -0.2) is 56.4 Å². The fourth-order valence-electron chi connectivity index (χ4n) is 4.22. The van der Waals surface area contributed by atoms with E-state index >= 15 is 0 Å². The Morgan fingerprint density at radius 3 is 2.43 bits per heavy atom. The van der Waals surface area contributed by atoms with Crippen LogP contribution < -0.4 is 10.1 Å². The van der Waals surface area contributed by atoms with Crippen molar-refractivity contribution in [3.8, 4) is 5.75 Å². The van der Waals surface area contributed by atoms with Crippen molar-refractivity contribution in [2.75, 3.05) is 19.0 Å². The first kappa shape index (κ1) is 27.4. The molecule has 35 heavy (non-hydrogen) atoms. The largest absolute Gasteiger partial charge is 0.497 e. The predicted molar refractivity (Wildman–Crippen MR) is 133 cm³/mol. The third-order valence-electron chi connectivity index (χ3n) is 6.01. The Balaban J connectivity index is 1.44. The molecule has 196 valence electrons. The highest BCUT2D eigenvalue weighted by Crippen LogP contribution is 2.38. The van der Waals surface area contributed by atoms with Crippen LogP contribution in [0.25, 0.3) is 0 Å². The molecule has 2 aliphatic rings. The van der Waals surface area contributed by atoms with Crippen molar-refractivity contribution >= 4 is 18.0 Å². The predicted octanol–water partition coefficient (Wildman–Crippen LogP) is 5.63. The van der Waals surface area contributed by atoms with Gasteiger partial charge in [-0.15, -0.1) is 0 Å². The fourth-order valence-corrected chi connectivity index (χ4v) is 4.22. The number of unbranched alkanes of at least 4 members (excludes halogenated alkanes) is 7. The van der Waals surface area contributed by atoms with Gasteiger partial charge in [0.2, 0.25) is 0 Å². The van der Waals surface area contributed by atoms with Crippen molar-refractivity contribution in [2.24, 2.45) is 5.16 Å². The number of benzene rings is 1. The van der Waals surface area contributed by atoms with Crippen LogP contribution in [0, 0.1) is 0 Å². The second-order valence-electron chi connectivity index (χ2n) is 9.37. The smallest absolute Gasteiger partial charge is 0.437 e. The summed E-state index contributed by atoms with van der Waals surface area (Å²) >= 11 is 0. The van der Waals surface area contributed by atoms with Crippen LogP contribution in [0.1, 0.15) is 72.1 Å². The first-order chi connectivity index (χ1) is 16.9. The number of nitrogens with zero attached hydrogens (tertiary/aromatic N) is 1. The molecule has 4 atom stereocenters. The van der Waals surface area contributed by atoms with Gasteiger partial charge in [0.25, 0.3) is 0 Å². The second kappa shape index (κ2) is 13.8. The second-order valence-corrected chi connectivity index (χ2v) is 9.37. The summed E-state index contributed by atoms with van der Waals surface area (Å²) in [6.07, 6.45) is 8.63. The number of carbonyl (C=O) groups is 1. The summed E-state index contributed by atoms with van der Waals surface area (Å²) in [5.74, 6) is -0.0526. The van der Waals surface area contributed by atoms with Crippen molar-refractivity contribution in [1.82, 2.24) is 0 Å². The summed E-state index contributed by atoms with van der Waals surface area (Å²) in [7, 11) is 1.58. The minimum atomic E-state index is -0.744. The number of amides is 1. The molecule has 9 nitrogen and oxygen atoms in total. The Hall–Kier alpha value is -2.20. The van der Waals surface area contributed by atoms with E-state index in [1.165, 1.54) is 44.7 Å². The maximum Gasteiger partial charge on any atom is 0.437 e. The summed E-state index contributed by atoms with van der Waals surface area (Å²) < 4.78 is 29.0. The molecule has 0 aliphatic carbocycles. The Morgan fingerprint density at radius 2 is 1.74 bits per heavy atom. The number of hydrogen-bond acceptors (Lipinski definition) is 8. The van der Waals surface area contributed by atoms with Crippen LogP contribution in [0.4, 0.5) is 10.5 Å². The van der Waals surface area contributed by atoms with Gasteiger partial charge in [-0.2, -0.15) is 0 Å². The van der Waals surface area contributed by atoms with E-state index < -0.39 is 30.4 Å². The van der Waals surface area contributed by atoms with Crippen molar-refractivity contribution in [3.63, 3.8) is 0 Å². The van der Waals surface area contributed by atoms with E-state index in [1.807, 2.05) is 13.8 Å². The summed E-state index contributed by atoms with van der Waals surface area (Å²) in [5.41, 5.74) is 0.563. The number of methoxy groups -OCH3 is 1. The van der Waals surface area contributed by atoms with E-state index in [0.29, 0.717) is 18.0 Å². The molecule has 2 saturated heterocycles. The molecule has 1 N–H and O–H groups in total. The van der Waals surface area contributed by atoms with Crippen LogP contribution in [0.3, 0.4) is 0 Å². The average molecular weight is 493 g/mol. The molecule has 1 amide bonds. The highest BCUT2D eigenvalue weighted by Gasteiger charge is 2.55. The number of rotatable bonds is 14. The minimum absolute atomic E-state index is 0.372. The number of hydrogen-bond donors (Lipinski definition) is 1. The lowest BCUT2D eigenvalue weighted by atomic mass is 10.1. The number of carbonyl (C=O) groups excluding carboxylic acids is 1. The van der Waals surface area contributed by atoms with Gasteiger partial charge in [-0.05, 0) is 44.5 Å². The van der Waals surface area contributed by atoms with Crippen molar-refractivity contribution in [1.29, 1.82) is 0 Å². The van der Waals surface area contributed by atoms with Gasteiger partial charge in [0.15, 0.2) is 12.1 Å². The van der Waals surface area contributed by atoms with Crippen molar-refractivity contribution in [2.45, 2.75) is 103 Å². The lowest BCUT2D eigenvalue weighted by molar-refractivity contribution is -0.209. The standard InChI is InChI=1S/C26H40N2O7/c1-5-6-7-8-9-10-11-12-17-31-22-21(32-24-23(22)33-26(2,3)34-24)18-27-35-25(29)28-19-13-15-20(30-4)16-14-19/h13-16,18,21-24H,5-12,17H2,1-4H3,(H,28,29)/b27-18+/t21-,22+,23-,24-/m1/s1. The number of ether oxygens (including phenoxy) is 5. The molecule has 3 rings (SSSR count). The summed E-state index contributed by atoms with van der Waals surface area (Å²) in [4.78, 5) is 17.0. The first-order valence-corrected chi connectivity index (χ1v) is 12.7. The molecule has 1 aromatic carbocycles. The molecule has 1 aromatic rings. The quantitative estimate of drug-likeness (QED) is 0.156. The molecule has 0 radical (unpaired) electrons. The van der Waals surface area contributed by atoms with Gasteiger partial charge < -0.3 is 23.7 Å². The topological polar surface area (TPSA) is 96.8 Å². The number of fused-ring (bicyclic) bond motifs is 1. The van der Waals surface area contributed by atoms with Crippen LogP contribution in [-0.2, 0) is 23.8 Å². The highest BCUT2D eigenvalue weighted by molar-refractivity contribution is 5.84. The molecule has 2 aliphatic heterocycles. The van der Waals surface area contributed by atoms with E-state index in [4.69, 9.17) is 28.5 Å². The normalized spacial score (nSPS) is 25.0. The monoisotopic (exact) mass is 492 g/mol. The lowest BCUT2D eigenvalue weighted by Crippen LogP contribution is -2.38. The average Bonchev–Trinajstić information content (AvgIpc) is 3.29. The van der Waals surface area contributed by atoms with Gasteiger partial charge in [0.05, 0.1) is 13.3 Å². The van der Waals surface area contributed by atoms with Gasteiger partial charge in [-0.3, -0.25) is 10.2 Å². The van der Waals surface area contributed by atoms with Gasteiger partial charge in [-0.25, -0.2) is 4.79 Å². The Morgan fingerprint density at radius 1 is 1.06 bits per heavy atom. The summed E-state index contributed by atoms with van der Waals surface area (Å²) in [6, 6.07) is 6.88. The van der Waals surface area contributed by atoms with E-state index in [0.717, 1.165) is 12.8 Å². The Bertz CT molecular complexity index is 799. The van der Waals surface area contributed by atoms with E-state index in [2.05, 4.69) is 17.4 Å². The van der Waals surface area contributed by atoms with Crippen LogP contribution >= 0.6 is 0 Å². The van der Waals surface area contributed by atoms with Gasteiger partial charge in [0, 0.05) is 12.3 Å². The lowest BCUT2D eigenvalue weighted by Gasteiger charge is -2.24. The minimum Gasteiger partial charge on any atom is -0.497 e. The molecule has 0 bridgehead atoms. The van der Waals surface area contributed by atoms with Crippen molar-refractivity contribution < 1.29 is 33.3 Å². The molecule has 2 fully saturated rings. The molecule has 0 saturated carbocycles. The third-order valence-corrected chi connectivity index (χ3v) is 6.01. The maximum absolute atomic E-state index is 12.1. The molecule has 0 aromatic heterocycles. The fraction of sp³-hybridized carbons (Fsp3) is 0.692. The van der Waals surface area contributed by atoms with Gasteiger partial charge >= 0.3 is 6.09 Å². The van der Waals surface area contributed by atoms with Crippen LogP contribution in [0.15, 0.2) is 29.4 Å². The van der Waals surface area contributed by atoms with Crippen LogP contribution in [0.2, 0.25) is 0 Å². The first-order valence-electron chi connectivity index (χ1n) is 12.7. The zero-order valence-corrected chi connectivity index (χ0v) is 21.4. The number of nitrogens with one attached hydrogen (secondary N) is 1. The molecule has 2 heterocycles. The molecule has 9 heteroatoms. The Kier molecular flexibility index (Phi) is 10.8.